The van der Waals surface area contributed by atoms with E-state index in [0.29, 0.717) is 6.54 Å². The summed E-state index contributed by atoms with van der Waals surface area (Å²) in [5, 5.41) is 3.32. The molecule has 1 heterocycles. The molecule has 0 unspecified atom stereocenters. The predicted molar refractivity (Wildman–Crippen MR) is 78.7 cm³/mol. The van der Waals surface area contributed by atoms with Gasteiger partial charge >= 0.3 is 6.61 Å². The standard InChI is InChI=1S/C15H23F2N3O/c1-19(10-11-20-8-6-18-7-9-20)12-13-4-2-3-5-14(13)21-15(16)17/h2-5,15,18H,6-12H2,1H3. The first-order valence-electron chi connectivity index (χ1n) is 7.29. The summed E-state index contributed by atoms with van der Waals surface area (Å²) >= 11 is 0. The van der Waals surface area contributed by atoms with Crippen LogP contribution in [0, 0.1) is 0 Å². The molecule has 6 heteroatoms. The molecule has 4 nitrogen and oxygen atoms in total. The Morgan fingerprint density at radius 3 is 2.71 bits per heavy atom. The molecule has 1 saturated heterocycles. The SMILES string of the molecule is CN(CCN1CCNCC1)Cc1ccccc1OC(F)F. The second-order valence-electron chi connectivity index (χ2n) is 5.32. The Morgan fingerprint density at radius 2 is 2.00 bits per heavy atom. The Balaban J connectivity index is 1.82. The van der Waals surface area contributed by atoms with E-state index in [-0.39, 0.29) is 5.75 Å². The highest BCUT2D eigenvalue weighted by atomic mass is 19.3. The van der Waals surface area contributed by atoms with Crippen LogP contribution in [-0.2, 0) is 6.54 Å². The molecule has 2 rings (SSSR count). The Morgan fingerprint density at radius 1 is 1.29 bits per heavy atom. The topological polar surface area (TPSA) is 27.7 Å². The van der Waals surface area contributed by atoms with Crippen molar-refractivity contribution >= 4 is 0 Å². The van der Waals surface area contributed by atoms with Crippen molar-refractivity contribution in [3.8, 4) is 5.75 Å². The molecule has 0 radical (unpaired) electrons. The zero-order valence-electron chi connectivity index (χ0n) is 12.4. The van der Waals surface area contributed by atoms with Gasteiger partial charge in [-0.15, -0.1) is 0 Å². The first kappa shape index (κ1) is 16.1. The van der Waals surface area contributed by atoms with Crippen LogP contribution in [0.5, 0.6) is 5.75 Å². The third kappa shape index (κ3) is 5.57. The second-order valence-corrected chi connectivity index (χ2v) is 5.32. The Bertz CT molecular complexity index is 425. The third-order valence-electron chi connectivity index (χ3n) is 3.64. The Labute approximate surface area is 124 Å². The molecule has 0 aliphatic carbocycles. The van der Waals surface area contributed by atoms with Crippen LogP contribution in [0.3, 0.4) is 0 Å². The van der Waals surface area contributed by atoms with Crippen molar-refractivity contribution in [1.82, 2.24) is 15.1 Å². The maximum absolute atomic E-state index is 12.4. The summed E-state index contributed by atoms with van der Waals surface area (Å²) in [5.41, 5.74) is 0.792. The quantitative estimate of drug-likeness (QED) is 0.828. The van der Waals surface area contributed by atoms with Gasteiger partial charge in [0.1, 0.15) is 5.75 Å². The number of benzene rings is 1. The average molecular weight is 299 g/mol. The van der Waals surface area contributed by atoms with Gasteiger partial charge in [0.15, 0.2) is 0 Å². The molecule has 0 saturated carbocycles. The highest BCUT2D eigenvalue weighted by molar-refractivity contribution is 5.33. The number of hydrogen-bond acceptors (Lipinski definition) is 4. The van der Waals surface area contributed by atoms with E-state index in [4.69, 9.17) is 0 Å². The minimum Gasteiger partial charge on any atom is -0.434 e. The number of halogens is 2. The minimum absolute atomic E-state index is 0.265. The summed E-state index contributed by atoms with van der Waals surface area (Å²) in [6, 6.07) is 6.98. The molecular formula is C15H23F2N3O. The smallest absolute Gasteiger partial charge is 0.387 e. The number of nitrogens with one attached hydrogen (secondary N) is 1. The van der Waals surface area contributed by atoms with Gasteiger partial charge < -0.3 is 15.0 Å². The van der Waals surface area contributed by atoms with Crippen molar-refractivity contribution < 1.29 is 13.5 Å². The molecule has 21 heavy (non-hydrogen) atoms. The van der Waals surface area contributed by atoms with Crippen molar-refractivity contribution in [3.05, 3.63) is 29.8 Å². The van der Waals surface area contributed by atoms with Crippen LogP contribution < -0.4 is 10.1 Å². The zero-order valence-corrected chi connectivity index (χ0v) is 12.4. The molecule has 0 amide bonds. The van der Waals surface area contributed by atoms with Crippen LogP contribution in [0.4, 0.5) is 8.78 Å². The van der Waals surface area contributed by atoms with Crippen molar-refractivity contribution in [2.75, 3.05) is 46.3 Å². The fourth-order valence-electron chi connectivity index (χ4n) is 2.46. The fraction of sp³-hybridized carbons (Fsp3) is 0.600. The molecular weight excluding hydrogens is 276 g/mol. The number of nitrogens with zero attached hydrogens (tertiary/aromatic N) is 2. The molecule has 1 aliphatic heterocycles. The first-order valence-corrected chi connectivity index (χ1v) is 7.29. The number of para-hydroxylation sites is 1. The highest BCUT2D eigenvalue weighted by Gasteiger charge is 2.13. The van der Waals surface area contributed by atoms with E-state index in [2.05, 4.69) is 19.9 Å². The number of ether oxygens (including phenoxy) is 1. The normalized spacial score (nSPS) is 16.6. The Kier molecular flexibility index (Phi) is 6.35. The van der Waals surface area contributed by atoms with E-state index >= 15 is 0 Å². The largest absolute Gasteiger partial charge is 0.434 e. The molecule has 0 bridgehead atoms. The molecule has 0 aromatic heterocycles. The number of likely N-dealkylation sites (N-methyl/N-ethyl adjacent to an activating group) is 1. The van der Waals surface area contributed by atoms with Gasteiger partial charge in [-0.3, -0.25) is 4.90 Å². The summed E-state index contributed by atoms with van der Waals surface area (Å²) < 4.78 is 29.3. The van der Waals surface area contributed by atoms with Gasteiger partial charge in [0, 0.05) is 51.4 Å². The molecule has 1 aliphatic rings. The maximum Gasteiger partial charge on any atom is 0.387 e. The Hall–Kier alpha value is -1.24. The summed E-state index contributed by atoms with van der Waals surface area (Å²) in [6.45, 7) is 3.94. The van der Waals surface area contributed by atoms with Crippen LogP contribution in [0.25, 0.3) is 0 Å². The maximum atomic E-state index is 12.4. The molecule has 0 spiro atoms. The molecule has 1 aromatic carbocycles. The number of rotatable bonds is 7. The van der Waals surface area contributed by atoms with Crippen LogP contribution >= 0.6 is 0 Å². The van der Waals surface area contributed by atoms with Gasteiger partial charge in [0.2, 0.25) is 0 Å². The van der Waals surface area contributed by atoms with Crippen molar-refractivity contribution in [1.29, 1.82) is 0 Å². The lowest BCUT2D eigenvalue weighted by Crippen LogP contribution is -2.45. The van der Waals surface area contributed by atoms with E-state index in [1.54, 1.807) is 12.1 Å². The van der Waals surface area contributed by atoms with Crippen LogP contribution in [0.1, 0.15) is 5.56 Å². The van der Waals surface area contributed by atoms with Crippen LogP contribution in [0.2, 0.25) is 0 Å². The van der Waals surface area contributed by atoms with Crippen molar-refractivity contribution in [2.45, 2.75) is 13.2 Å². The van der Waals surface area contributed by atoms with Gasteiger partial charge in [0.05, 0.1) is 0 Å². The lowest BCUT2D eigenvalue weighted by Gasteiger charge is -2.29. The first-order chi connectivity index (χ1) is 10.1. The molecule has 1 N–H and O–H groups in total. The average Bonchev–Trinajstić information content (AvgIpc) is 2.48. The van der Waals surface area contributed by atoms with Gasteiger partial charge in [-0.05, 0) is 13.1 Å². The minimum atomic E-state index is -2.78. The molecule has 118 valence electrons. The second kappa shape index (κ2) is 8.26. The molecule has 1 fully saturated rings. The number of piperazine rings is 1. The summed E-state index contributed by atoms with van der Waals surface area (Å²) in [4.78, 5) is 4.55. The highest BCUT2D eigenvalue weighted by Crippen LogP contribution is 2.21. The van der Waals surface area contributed by atoms with Gasteiger partial charge in [-0.2, -0.15) is 8.78 Å². The zero-order chi connectivity index (χ0) is 15.1. The number of alkyl halides is 2. The van der Waals surface area contributed by atoms with Gasteiger partial charge in [0.25, 0.3) is 0 Å². The fourth-order valence-corrected chi connectivity index (χ4v) is 2.46. The van der Waals surface area contributed by atoms with E-state index in [0.717, 1.165) is 44.8 Å². The van der Waals surface area contributed by atoms with E-state index in [1.807, 2.05) is 19.2 Å². The summed E-state index contributed by atoms with van der Waals surface area (Å²) in [7, 11) is 2.00. The lowest BCUT2D eigenvalue weighted by molar-refractivity contribution is -0.0507. The van der Waals surface area contributed by atoms with Gasteiger partial charge in [-0.25, -0.2) is 0 Å². The monoisotopic (exact) mass is 299 g/mol. The third-order valence-corrected chi connectivity index (χ3v) is 3.64. The molecule has 1 aromatic rings. The van der Waals surface area contributed by atoms with E-state index < -0.39 is 6.61 Å². The van der Waals surface area contributed by atoms with Crippen LogP contribution in [-0.4, -0.2) is 62.7 Å². The van der Waals surface area contributed by atoms with E-state index in [1.165, 1.54) is 0 Å². The summed E-state index contributed by atoms with van der Waals surface area (Å²) in [5.74, 6) is 0.265. The lowest BCUT2D eigenvalue weighted by atomic mass is 10.2. The summed E-state index contributed by atoms with van der Waals surface area (Å²) in [6.07, 6.45) is 0. The number of hydrogen-bond donors (Lipinski definition) is 1. The van der Waals surface area contributed by atoms with Crippen molar-refractivity contribution in [3.63, 3.8) is 0 Å². The predicted octanol–water partition coefficient (Wildman–Crippen LogP) is 1.62. The van der Waals surface area contributed by atoms with E-state index in [9.17, 15) is 8.78 Å². The van der Waals surface area contributed by atoms with Gasteiger partial charge in [-0.1, -0.05) is 18.2 Å². The molecule has 0 atom stereocenters. The van der Waals surface area contributed by atoms with Crippen molar-refractivity contribution in [2.24, 2.45) is 0 Å². The van der Waals surface area contributed by atoms with Crippen LogP contribution in [0.15, 0.2) is 24.3 Å².